The van der Waals surface area contributed by atoms with E-state index in [1.54, 1.807) is 16.8 Å². The van der Waals surface area contributed by atoms with Gasteiger partial charge in [0.15, 0.2) is 11.4 Å². The number of allylic oxidation sites excluding steroid dienone is 1. The van der Waals surface area contributed by atoms with Crippen LogP contribution in [-0.4, -0.2) is 10.4 Å². The highest BCUT2D eigenvalue weighted by Crippen LogP contribution is 2.17. The first-order valence-corrected chi connectivity index (χ1v) is 5.94. The average Bonchev–Trinajstić information content (AvgIpc) is 2.62. The molecule has 0 amide bonds. The first-order chi connectivity index (χ1) is 8.22. The highest BCUT2D eigenvalue weighted by molar-refractivity contribution is 7.71. The molecule has 0 spiro atoms. The molecular weight excluding hydrogens is 234 g/mol. The van der Waals surface area contributed by atoms with Crippen LogP contribution in [0.25, 0.3) is 17.3 Å². The van der Waals surface area contributed by atoms with Gasteiger partial charge in [-0.15, -0.1) is 0 Å². The zero-order valence-electron chi connectivity index (χ0n) is 9.55. The molecule has 2 rings (SSSR count). The van der Waals surface area contributed by atoms with E-state index in [9.17, 15) is 4.79 Å². The van der Waals surface area contributed by atoms with Crippen molar-refractivity contribution in [2.45, 2.75) is 19.8 Å². The van der Waals surface area contributed by atoms with Crippen LogP contribution < -0.4 is 0 Å². The Morgan fingerprint density at radius 2 is 2.24 bits per heavy atom. The van der Waals surface area contributed by atoms with Crippen molar-refractivity contribution >= 4 is 35.3 Å². The Morgan fingerprint density at radius 3 is 3.00 bits per heavy atom. The van der Waals surface area contributed by atoms with E-state index in [1.807, 2.05) is 31.2 Å². The minimum absolute atomic E-state index is 0.0969. The molecule has 0 aliphatic heterocycles. The maximum absolute atomic E-state index is 11.4. The fraction of sp³-hybridized carbons (Fsp3) is 0.231. The molecular formula is C13H13NO2S. The number of carbonyl (C=O) groups excluding carboxylic acids is 1. The molecule has 0 aliphatic carbocycles. The van der Waals surface area contributed by atoms with E-state index < -0.39 is 0 Å². The van der Waals surface area contributed by atoms with E-state index >= 15 is 0 Å². The molecule has 1 heterocycles. The van der Waals surface area contributed by atoms with Crippen molar-refractivity contribution in [3.8, 4) is 0 Å². The van der Waals surface area contributed by atoms with E-state index in [0.29, 0.717) is 11.3 Å². The predicted octanol–water partition coefficient (Wildman–Crippen LogP) is 3.80. The van der Waals surface area contributed by atoms with Gasteiger partial charge in [-0.3, -0.25) is 9.36 Å². The van der Waals surface area contributed by atoms with Gasteiger partial charge in [0.1, 0.15) is 0 Å². The third kappa shape index (κ3) is 2.53. The number of nitrogens with zero attached hydrogens (tertiary/aromatic N) is 1. The lowest BCUT2D eigenvalue weighted by Crippen LogP contribution is -1.92. The van der Waals surface area contributed by atoms with E-state index in [4.69, 9.17) is 16.6 Å². The maximum Gasteiger partial charge on any atom is 0.273 e. The van der Waals surface area contributed by atoms with Gasteiger partial charge in [0.25, 0.3) is 4.84 Å². The number of hydrogen-bond acceptors (Lipinski definition) is 3. The van der Waals surface area contributed by atoms with Crippen molar-refractivity contribution in [2.75, 3.05) is 0 Å². The van der Waals surface area contributed by atoms with Gasteiger partial charge in [-0.2, -0.15) is 0 Å². The van der Waals surface area contributed by atoms with Gasteiger partial charge in [-0.05, 0) is 36.8 Å². The molecule has 0 atom stereocenters. The molecule has 0 unspecified atom stereocenters. The van der Waals surface area contributed by atoms with Crippen LogP contribution in [0.15, 0.2) is 34.8 Å². The Balaban J connectivity index is 2.39. The lowest BCUT2D eigenvalue weighted by Gasteiger charge is -1.94. The molecule has 0 bridgehead atoms. The number of oxazole rings is 1. The number of aromatic nitrogens is 1. The monoisotopic (exact) mass is 247 g/mol. The SMILES string of the molecule is CCCC(=O)C=Cn1c(=S)oc2ccccc21. The van der Waals surface area contributed by atoms with Crippen LogP contribution in [-0.2, 0) is 4.79 Å². The molecule has 17 heavy (non-hydrogen) atoms. The number of rotatable bonds is 4. The lowest BCUT2D eigenvalue weighted by atomic mass is 10.2. The summed E-state index contributed by atoms with van der Waals surface area (Å²) in [6.07, 6.45) is 4.62. The smallest absolute Gasteiger partial charge is 0.273 e. The predicted molar refractivity (Wildman–Crippen MR) is 70.3 cm³/mol. The van der Waals surface area contributed by atoms with Gasteiger partial charge in [-0.1, -0.05) is 19.1 Å². The summed E-state index contributed by atoms with van der Waals surface area (Å²) in [4.78, 5) is 11.8. The van der Waals surface area contributed by atoms with Crippen LogP contribution in [0.1, 0.15) is 19.8 Å². The quantitative estimate of drug-likeness (QED) is 0.609. The van der Waals surface area contributed by atoms with E-state index in [-0.39, 0.29) is 5.78 Å². The topological polar surface area (TPSA) is 35.1 Å². The number of para-hydroxylation sites is 2. The fourth-order valence-corrected chi connectivity index (χ4v) is 1.86. The summed E-state index contributed by atoms with van der Waals surface area (Å²) in [5.41, 5.74) is 1.60. The molecule has 0 saturated carbocycles. The summed E-state index contributed by atoms with van der Waals surface area (Å²) < 4.78 is 7.11. The van der Waals surface area contributed by atoms with Gasteiger partial charge >= 0.3 is 0 Å². The largest absolute Gasteiger partial charge is 0.429 e. The minimum atomic E-state index is 0.0969. The molecule has 0 fully saturated rings. The number of ketones is 1. The molecule has 0 saturated heterocycles. The Bertz CT molecular complexity index is 622. The molecule has 0 radical (unpaired) electrons. The highest BCUT2D eigenvalue weighted by Gasteiger charge is 2.03. The van der Waals surface area contributed by atoms with Gasteiger partial charge < -0.3 is 4.42 Å². The van der Waals surface area contributed by atoms with Crippen molar-refractivity contribution in [1.82, 2.24) is 4.57 Å². The first-order valence-electron chi connectivity index (χ1n) is 5.53. The molecule has 1 aromatic carbocycles. The van der Waals surface area contributed by atoms with Gasteiger partial charge in [0.2, 0.25) is 0 Å². The van der Waals surface area contributed by atoms with Crippen LogP contribution in [0.5, 0.6) is 0 Å². The Hall–Kier alpha value is -1.68. The van der Waals surface area contributed by atoms with E-state index in [0.717, 1.165) is 17.5 Å². The second kappa shape index (κ2) is 5.10. The van der Waals surface area contributed by atoms with Crippen molar-refractivity contribution in [3.05, 3.63) is 35.2 Å². The molecule has 3 nitrogen and oxygen atoms in total. The fourth-order valence-electron chi connectivity index (χ4n) is 1.61. The summed E-state index contributed by atoms with van der Waals surface area (Å²) >= 11 is 5.10. The second-order valence-electron chi connectivity index (χ2n) is 3.74. The average molecular weight is 247 g/mol. The second-order valence-corrected chi connectivity index (χ2v) is 4.09. The van der Waals surface area contributed by atoms with Crippen LogP contribution in [0.4, 0.5) is 0 Å². The molecule has 2 aromatic rings. The number of benzene rings is 1. The molecule has 1 aromatic heterocycles. The summed E-state index contributed by atoms with van der Waals surface area (Å²) in [7, 11) is 0. The summed E-state index contributed by atoms with van der Waals surface area (Å²) in [6, 6.07) is 7.55. The highest BCUT2D eigenvalue weighted by atomic mass is 32.1. The summed E-state index contributed by atoms with van der Waals surface area (Å²) in [5, 5.41) is 0. The van der Waals surface area contributed by atoms with Crippen molar-refractivity contribution in [1.29, 1.82) is 0 Å². The number of carbonyl (C=O) groups is 1. The summed E-state index contributed by atoms with van der Waals surface area (Å²) in [5.74, 6) is 0.0969. The van der Waals surface area contributed by atoms with E-state index in [2.05, 4.69) is 0 Å². The Labute approximate surface area is 104 Å². The standard InChI is InChI=1S/C13H13NO2S/c1-2-5-10(15)8-9-14-11-6-3-4-7-12(11)16-13(14)17/h3-4,6-9H,2,5H2,1H3. The number of fused-ring (bicyclic) bond motifs is 1. The van der Waals surface area contributed by atoms with Crippen molar-refractivity contribution in [3.63, 3.8) is 0 Å². The molecule has 0 N–H and O–H groups in total. The molecule has 0 aliphatic rings. The summed E-state index contributed by atoms with van der Waals surface area (Å²) in [6.45, 7) is 1.98. The van der Waals surface area contributed by atoms with Crippen LogP contribution in [0.3, 0.4) is 0 Å². The van der Waals surface area contributed by atoms with Gasteiger partial charge in [0, 0.05) is 12.6 Å². The number of hydrogen-bond donors (Lipinski definition) is 0. The van der Waals surface area contributed by atoms with E-state index in [1.165, 1.54) is 0 Å². The zero-order valence-corrected chi connectivity index (χ0v) is 10.4. The minimum Gasteiger partial charge on any atom is -0.429 e. The molecule has 4 heteroatoms. The Morgan fingerprint density at radius 1 is 1.47 bits per heavy atom. The van der Waals surface area contributed by atoms with Gasteiger partial charge in [0.05, 0.1) is 5.52 Å². The first kappa shape index (κ1) is 11.8. The van der Waals surface area contributed by atoms with Crippen molar-refractivity contribution < 1.29 is 9.21 Å². The van der Waals surface area contributed by atoms with Crippen LogP contribution >= 0.6 is 12.2 Å². The third-order valence-corrected chi connectivity index (χ3v) is 2.70. The molecule has 88 valence electrons. The Kier molecular flexibility index (Phi) is 3.54. The lowest BCUT2D eigenvalue weighted by molar-refractivity contribution is -0.114. The van der Waals surface area contributed by atoms with Gasteiger partial charge in [-0.25, -0.2) is 0 Å². The van der Waals surface area contributed by atoms with Crippen LogP contribution in [0, 0.1) is 4.84 Å². The normalized spacial score (nSPS) is 11.4. The third-order valence-electron chi connectivity index (χ3n) is 2.42. The van der Waals surface area contributed by atoms with Crippen LogP contribution in [0.2, 0.25) is 0 Å². The van der Waals surface area contributed by atoms with Crippen molar-refractivity contribution in [2.24, 2.45) is 0 Å². The maximum atomic E-state index is 11.4. The zero-order chi connectivity index (χ0) is 12.3.